The van der Waals surface area contributed by atoms with Crippen molar-refractivity contribution in [1.82, 2.24) is 15.1 Å². The largest absolute Gasteiger partial charge is 0.310 e. The van der Waals surface area contributed by atoms with Crippen LogP contribution in [0.4, 0.5) is 0 Å². The van der Waals surface area contributed by atoms with Gasteiger partial charge in [0.15, 0.2) is 0 Å². The SMILES string of the molecule is CCNC1CC(C)(C)Cc2c1cnn2CCC(C)C. The second kappa shape index (κ2) is 5.66. The maximum atomic E-state index is 4.64. The minimum absolute atomic E-state index is 0.370. The highest BCUT2D eigenvalue weighted by Crippen LogP contribution is 2.40. The molecule has 1 aliphatic carbocycles. The number of hydrogen-bond acceptors (Lipinski definition) is 2. The van der Waals surface area contributed by atoms with E-state index in [0.29, 0.717) is 11.5 Å². The lowest BCUT2D eigenvalue weighted by molar-refractivity contribution is 0.251. The summed E-state index contributed by atoms with van der Waals surface area (Å²) in [7, 11) is 0. The standard InChI is InChI=1S/C16H29N3/c1-6-17-14-9-16(4,5)10-15-13(14)11-18-19(15)8-7-12(2)3/h11-12,14,17H,6-10H2,1-5H3. The van der Waals surface area contributed by atoms with Gasteiger partial charge in [0, 0.05) is 23.8 Å². The van der Waals surface area contributed by atoms with Gasteiger partial charge in [-0.25, -0.2) is 0 Å². The average Bonchev–Trinajstić information content (AvgIpc) is 2.68. The van der Waals surface area contributed by atoms with Gasteiger partial charge in [-0.05, 0) is 37.1 Å². The number of hydrogen-bond donors (Lipinski definition) is 1. The minimum Gasteiger partial charge on any atom is -0.310 e. The topological polar surface area (TPSA) is 29.9 Å². The van der Waals surface area contributed by atoms with E-state index in [0.717, 1.165) is 25.4 Å². The number of aryl methyl sites for hydroxylation is 1. The highest BCUT2D eigenvalue weighted by Gasteiger charge is 2.34. The first-order valence-electron chi connectivity index (χ1n) is 7.71. The Morgan fingerprint density at radius 3 is 2.84 bits per heavy atom. The summed E-state index contributed by atoms with van der Waals surface area (Å²) in [4.78, 5) is 0. The number of rotatable bonds is 5. The van der Waals surface area contributed by atoms with Crippen molar-refractivity contribution < 1.29 is 0 Å². The van der Waals surface area contributed by atoms with E-state index in [4.69, 9.17) is 0 Å². The van der Waals surface area contributed by atoms with Crippen molar-refractivity contribution in [2.75, 3.05) is 6.54 Å². The van der Waals surface area contributed by atoms with E-state index in [1.54, 1.807) is 0 Å². The fraction of sp³-hybridized carbons (Fsp3) is 0.812. The lowest BCUT2D eigenvalue weighted by Crippen LogP contribution is -2.33. The van der Waals surface area contributed by atoms with Crippen LogP contribution < -0.4 is 5.32 Å². The van der Waals surface area contributed by atoms with E-state index in [-0.39, 0.29) is 0 Å². The maximum absolute atomic E-state index is 4.64. The minimum atomic E-state index is 0.370. The molecule has 0 aromatic carbocycles. The Bertz CT molecular complexity index is 418. The van der Waals surface area contributed by atoms with Gasteiger partial charge in [-0.2, -0.15) is 5.10 Å². The van der Waals surface area contributed by atoms with Crippen molar-refractivity contribution in [2.24, 2.45) is 11.3 Å². The molecule has 3 heteroatoms. The summed E-state index contributed by atoms with van der Waals surface area (Å²) in [6.07, 6.45) is 5.67. The Kier molecular flexibility index (Phi) is 4.34. The normalized spacial score (nSPS) is 21.7. The first kappa shape index (κ1) is 14.6. The van der Waals surface area contributed by atoms with Gasteiger partial charge >= 0.3 is 0 Å². The van der Waals surface area contributed by atoms with Gasteiger partial charge in [0.25, 0.3) is 0 Å². The average molecular weight is 263 g/mol. The molecule has 0 amide bonds. The molecule has 2 rings (SSSR count). The highest BCUT2D eigenvalue weighted by atomic mass is 15.3. The molecule has 0 radical (unpaired) electrons. The van der Waals surface area contributed by atoms with Crippen LogP contribution in [0, 0.1) is 11.3 Å². The summed E-state index contributed by atoms with van der Waals surface area (Å²) in [6, 6.07) is 0.483. The molecule has 1 atom stereocenters. The summed E-state index contributed by atoms with van der Waals surface area (Å²) in [5, 5.41) is 8.27. The van der Waals surface area contributed by atoms with Crippen LogP contribution in [0.3, 0.4) is 0 Å². The number of fused-ring (bicyclic) bond motifs is 1. The van der Waals surface area contributed by atoms with Crippen molar-refractivity contribution in [1.29, 1.82) is 0 Å². The molecule has 0 aliphatic heterocycles. The number of nitrogens with one attached hydrogen (secondary N) is 1. The van der Waals surface area contributed by atoms with Gasteiger partial charge in [-0.15, -0.1) is 0 Å². The predicted molar refractivity (Wildman–Crippen MR) is 80.2 cm³/mol. The highest BCUT2D eigenvalue weighted by molar-refractivity contribution is 5.27. The molecule has 108 valence electrons. The maximum Gasteiger partial charge on any atom is 0.0540 e. The van der Waals surface area contributed by atoms with Crippen molar-refractivity contribution in [3.63, 3.8) is 0 Å². The summed E-state index contributed by atoms with van der Waals surface area (Å²) in [6.45, 7) is 13.6. The van der Waals surface area contributed by atoms with Gasteiger partial charge < -0.3 is 5.32 Å². The lowest BCUT2D eigenvalue weighted by atomic mass is 9.74. The second-order valence-electron chi connectivity index (χ2n) is 7.11. The zero-order valence-corrected chi connectivity index (χ0v) is 13.2. The molecular weight excluding hydrogens is 234 g/mol. The first-order chi connectivity index (χ1) is 8.93. The van der Waals surface area contributed by atoms with Gasteiger partial charge in [0.05, 0.1) is 6.20 Å². The first-order valence-corrected chi connectivity index (χ1v) is 7.71. The third-order valence-corrected chi connectivity index (χ3v) is 4.13. The third-order valence-electron chi connectivity index (χ3n) is 4.13. The van der Waals surface area contributed by atoms with Crippen LogP contribution >= 0.6 is 0 Å². The van der Waals surface area contributed by atoms with Crippen molar-refractivity contribution in [3.8, 4) is 0 Å². The monoisotopic (exact) mass is 263 g/mol. The van der Waals surface area contributed by atoms with Crippen molar-refractivity contribution >= 4 is 0 Å². The van der Waals surface area contributed by atoms with E-state index in [1.165, 1.54) is 24.1 Å². The third kappa shape index (κ3) is 3.38. The summed E-state index contributed by atoms with van der Waals surface area (Å²) >= 11 is 0. The Morgan fingerprint density at radius 2 is 2.21 bits per heavy atom. The molecule has 1 unspecified atom stereocenters. The summed E-state index contributed by atoms with van der Waals surface area (Å²) < 4.78 is 2.25. The van der Waals surface area contributed by atoms with E-state index in [2.05, 4.69) is 55.9 Å². The van der Waals surface area contributed by atoms with Crippen LogP contribution in [0.2, 0.25) is 0 Å². The fourth-order valence-electron chi connectivity index (χ4n) is 3.10. The Morgan fingerprint density at radius 1 is 1.47 bits per heavy atom. The fourth-order valence-corrected chi connectivity index (χ4v) is 3.10. The van der Waals surface area contributed by atoms with Crippen LogP contribution in [-0.4, -0.2) is 16.3 Å². The zero-order chi connectivity index (χ0) is 14.0. The van der Waals surface area contributed by atoms with Crippen LogP contribution in [-0.2, 0) is 13.0 Å². The Labute approximate surface area is 117 Å². The van der Waals surface area contributed by atoms with Crippen LogP contribution in [0.5, 0.6) is 0 Å². The van der Waals surface area contributed by atoms with Gasteiger partial charge in [-0.3, -0.25) is 4.68 Å². The molecule has 0 bridgehead atoms. The van der Waals surface area contributed by atoms with Gasteiger partial charge in [-0.1, -0.05) is 34.6 Å². The van der Waals surface area contributed by atoms with Crippen molar-refractivity contribution in [3.05, 3.63) is 17.5 Å². The van der Waals surface area contributed by atoms with E-state index < -0.39 is 0 Å². The molecule has 0 saturated carbocycles. The number of nitrogens with zero attached hydrogens (tertiary/aromatic N) is 2. The van der Waals surface area contributed by atoms with Crippen molar-refractivity contribution in [2.45, 2.75) is 66.5 Å². The molecular formula is C16H29N3. The molecule has 1 heterocycles. The van der Waals surface area contributed by atoms with Gasteiger partial charge in [0.1, 0.15) is 0 Å². The lowest BCUT2D eigenvalue weighted by Gasteiger charge is -2.36. The summed E-state index contributed by atoms with van der Waals surface area (Å²) in [5.41, 5.74) is 3.27. The second-order valence-corrected chi connectivity index (χ2v) is 7.11. The zero-order valence-electron chi connectivity index (χ0n) is 13.2. The quantitative estimate of drug-likeness (QED) is 0.880. The smallest absolute Gasteiger partial charge is 0.0540 e. The molecule has 1 N–H and O–H groups in total. The molecule has 0 fully saturated rings. The van der Waals surface area contributed by atoms with E-state index in [1.807, 2.05) is 0 Å². The molecule has 0 saturated heterocycles. The number of aromatic nitrogens is 2. The Hall–Kier alpha value is -0.830. The van der Waals surface area contributed by atoms with Crippen LogP contribution in [0.15, 0.2) is 6.20 Å². The van der Waals surface area contributed by atoms with Crippen LogP contribution in [0.1, 0.15) is 64.8 Å². The van der Waals surface area contributed by atoms with Gasteiger partial charge in [0.2, 0.25) is 0 Å². The van der Waals surface area contributed by atoms with Crippen LogP contribution in [0.25, 0.3) is 0 Å². The Balaban J connectivity index is 2.23. The predicted octanol–water partition coefficient (Wildman–Crippen LogP) is 3.55. The summed E-state index contributed by atoms with van der Waals surface area (Å²) in [5.74, 6) is 0.737. The molecule has 1 aromatic heterocycles. The van der Waals surface area contributed by atoms with E-state index >= 15 is 0 Å². The molecule has 19 heavy (non-hydrogen) atoms. The molecule has 1 aromatic rings. The molecule has 1 aliphatic rings. The molecule has 3 nitrogen and oxygen atoms in total. The van der Waals surface area contributed by atoms with E-state index in [9.17, 15) is 0 Å². The molecule has 0 spiro atoms.